The molecule has 0 spiro atoms. The molecule has 0 aliphatic carbocycles. The summed E-state index contributed by atoms with van der Waals surface area (Å²) in [4.78, 5) is 18.6. The number of nitrogens with zero attached hydrogens (tertiary/aromatic N) is 2. The van der Waals surface area contributed by atoms with E-state index in [4.69, 9.17) is 4.74 Å². The van der Waals surface area contributed by atoms with Gasteiger partial charge in [-0.15, -0.1) is 0 Å². The van der Waals surface area contributed by atoms with E-state index in [9.17, 15) is 4.79 Å². The van der Waals surface area contributed by atoms with Crippen LogP contribution in [-0.2, 0) is 9.53 Å². The topological polar surface area (TPSA) is 66.5 Å². The van der Waals surface area contributed by atoms with Gasteiger partial charge in [-0.05, 0) is 50.3 Å². The van der Waals surface area contributed by atoms with Crippen LogP contribution in [0.2, 0.25) is 0 Å². The van der Waals surface area contributed by atoms with E-state index >= 15 is 0 Å². The summed E-state index contributed by atoms with van der Waals surface area (Å²) < 4.78 is 5.50. The minimum absolute atomic E-state index is 0.180. The molecular formula is C18H28N4O2. The zero-order chi connectivity index (χ0) is 16.8. The molecule has 2 saturated heterocycles. The van der Waals surface area contributed by atoms with Crippen LogP contribution in [0, 0.1) is 6.92 Å². The Bertz CT molecular complexity index is 538. The van der Waals surface area contributed by atoms with Crippen LogP contribution in [-0.4, -0.2) is 60.7 Å². The fraction of sp³-hybridized carbons (Fsp3) is 0.667. The molecule has 0 radical (unpaired) electrons. The Kier molecular flexibility index (Phi) is 6.04. The molecule has 0 bridgehead atoms. The first-order chi connectivity index (χ1) is 11.7. The van der Waals surface area contributed by atoms with E-state index in [2.05, 4.69) is 28.6 Å². The number of hydrogen-bond donors (Lipinski definition) is 2. The largest absolute Gasteiger partial charge is 0.369 e. The first-order valence-corrected chi connectivity index (χ1v) is 9.02. The number of carbonyl (C=O) groups is 1. The highest BCUT2D eigenvalue weighted by Gasteiger charge is 2.30. The number of carbonyl (C=O) groups excluding carboxylic acids is 1. The molecule has 3 rings (SSSR count). The van der Waals surface area contributed by atoms with E-state index in [-0.39, 0.29) is 12.0 Å². The normalized spacial score (nSPS) is 21.9. The van der Waals surface area contributed by atoms with E-state index in [0.717, 1.165) is 64.3 Å². The van der Waals surface area contributed by atoms with Gasteiger partial charge in [0.05, 0.1) is 0 Å². The van der Waals surface area contributed by atoms with Gasteiger partial charge in [-0.25, -0.2) is 4.98 Å². The molecule has 6 heteroatoms. The molecule has 1 unspecified atom stereocenters. The molecule has 2 fully saturated rings. The van der Waals surface area contributed by atoms with Crippen molar-refractivity contribution in [1.29, 1.82) is 0 Å². The Morgan fingerprint density at radius 3 is 2.88 bits per heavy atom. The molecule has 24 heavy (non-hydrogen) atoms. The van der Waals surface area contributed by atoms with Gasteiger partial charge in [-0.2, -0.15) is 0 Å². The zero-order valence-electron chi connectivity index (χ0n) is 14.5. The summed E-state index contributed by atoms with van der Waals surface area (Å²) in [6.07, 6.45) is 5.57. The number of aryl methyl sites for hydroxylation is 1. The Hall–Kier alpha value is -1.66. The van der Waals surface area contributed by atoms with Gasteiger partial charge < -0.3 is 20.3 Å². The molecule has 6 nitrogen and oxygen atoms in total. The van der Waals surface area contributed by atoms with Crippen LogP contribution in [0.15, 0.2) is 18.3 Å². The highest BCUT2D eigenvalue weighted by atomic mass is 16.5. The number of nitrogens with one attached hydrogen (secondary N) is 2. The predicted molar refractivity (Wildman–Crippen MR) is 94.0 cm³/mol. The molecule has 132 valence electrons. The number of anilines is 1. The number of aromatic nitrogens is 1. The first kappa shape index (κ1) is 17.2. The van der Waals surface area contributed by atoms with E-state index < -0.39 is 0 Å². The van der Waals surface area contributed by atoms with E-state index in [0.29, 0.717) is 6.04 Å². The summed E-state index contributed by atoms with van der Waals surface area (Å²) in [6.45, 7) is 6.23. The van der Waals surface area contributed by atoms with Gasteiger partial charge in [-0.3, -0.25) is 4.79 Å². The smallest absolute Gasteiger partial charge is 0.251 e. The molecule has 2 aliphatic rings. The fourth-order valence-electron chi connectivity index (χ4n) is 3.38. The number of amides is 1. The fourth-order valence-corrected chi connectivity index (χ4v) is 3.38. The third kappa shape index (κ3) is 4.68. The van der Waals surface area contributed by atoms with Crippen LogP contribution >= 0.6 is 0 Å². The molecule has 1 amide bonds. The Morgan fingerprint density at radius 2 is 2.17 bits per heavy atom. The van der Waals surface area contributed by atoms with Crippen LogP contribution in [0.3, 0.4) is 0 Å². The van der Waals surface area contributed by atoms with Gasteiger partial charge in [-0.1, -0.05) is 0 Å². The summed E-state index contributed by atoms with van der Waals surface area (Å²) in [7, 11) is 0. The van der Waals surface area contributed by atoms with Gasteiger partial charge in [0.1, 0.15) is 11.9 Å². The SMILES string of the molecule is Cc1ccnc(NCCNC2CCN(C(=O)C3CCCO3)CC2)c1. The van der Waals surface area contributed by atoms with E-state index in [1.54, 1.807) is 0 Å². The summed E-state index contributed by atoms with van der Waals surface area (Å²) in [6, 6.07) is 4.54. The molecule has 0 saturated carbocycles. The Labute approximate surface area is 144 Å². The third-order valence-corrected chi connectivity index (χ3v) is 4.79. The average Bonchev–Trinajstić information content (AvgIpc) is 3.13. The second kappa shape index (κ2) is 8.44. The maximum atomic E-state index is 12.3. The van der Waals surface area contributed by atoms with Crippen molar-refractivity contribution in [3.63, 3.8) is 0 Å². The minimum Gasteiger partial charge on any atom is -0.369 e. The van der Waals surface area contributed by atoms with Crippen LogP contribution in [0.1, 0.15) is 31.2 Å². The summed E-state index contributed by atoms with van der Waals surface area (Å²) in [5.74, 6) is 1.12. The number of piperidine rings is 1. The lowest BCUT2D eigenvalue weighted by atomic mass is 10.0. The summed E-state index contributed by atoms with van der Waals surface area (Å²) >= 11 is 0. The predicted octanol–water partition coefficient (Wildman–Crippen LogP) is 1.56. The highest BCUT2D eigenvalue weighted by Crippen LogP contribution is 2.18. The lowest BCUT2D eigenvalue weighted by molar-refractivity contribution is -0.142. The number of likely N-dealkylation sites (tertiary alicyclic amines) is 1. The molecule has 0 aromatic carbocycles. The quantitative estimate of drug-likeness (QED) is 0.774. The lowest BCUT2D eigenvalue weighted by Gasteiger charge is -2.33. The minimum atomic E-state index is -0.180. The van der Waals surface area contributed by atoms with Crippen molar-refractivity contribution in [3.8, 4) is 0 Å². The Morgan fingerprint density at radius 1 is 1.33 bits per heavy atom. The maximum Gasteiger partial charge on any atom is 0.251 e. The Balaban J connectivity index is 1.31. The van der Waals surface area contributed by atoms with Gasteiger partial charge in [0.15, 0.2) is 0 Å². The van der Waals surface area contributed by atoms with Crippen molar-refractivity contribution in [1.82, 2.24) is 15.2 Å². The second-order valence-corrected chi connectivity index (χ2v) is 6.70. The summed E-state index contributed by atoms with van der Waals surface area (Å²) in [5.41, 5.74) is 1.21. The van der Waals surface area contributed by atoms with Crippen molar-refractivity contribution in [2.45, 2.75) is 44.8 Å². The average molecular weight is 332 g/mol. The molecule has 1 atom stereocenters. The molecule has 2 aliphatic heterocycles. The lowest BCUT2D eigenvalue weighted by Crippen LogP contribution is -2.48. The maximum absolute atomic E-state index is 12.3. The number of ether oxygens (including phenoxy) is 1. The van der Waals surface area contributed by atoms with Gasteiger partial charge in [0, 0.05) is 45.0 Å². The number of rotatable bonds is 6. The van der Waals surface area contributed by atoms with Crippen molar-refractivity contribution in [2.24, 2.45) is 0 Å². The van der Waals surface area contributed by atoms with Crippen molar-refractivity contribution >= 4 is 11.7 Å². The monoisotopic (exact) mass is 332 g/mol. The van der Waals surface area contributed by atoms with Gasteiger partial charge in [0.25, 0.3) is 5.91 Å². The summed E-state index contributed by atoms with van der Waals surface area (Å²) in [5, 5.41) is 6.91. The van der Waals surface area contributed by atoms with Gasteiger partial charge >= 0.3 is 0 Å². The van der Waals surface area contributed by atoms with Crippen molar-refractivity contribution < 1.29 is 9.53 Å². The number of hydrogen-bond acceptors (Lipinski definition) is 5. The zero-order valence-corrected chi connectivity index (χ0v) is 14.5. The van der Waals surface area contributed by atoms with Crippen LogP contribution in [0.25, 0.3) is 0 Å². The van der Waals surface area contributed by atoms with Crippen LogP contribution in [0.5, 0.6) is 0 Å². The van der Waals surface area contributed by atoms with Crippen LogP contribution < -0.4 is 10.6 Å². The third-order valence-electron chi connectivity index (χ3n) is 4.79. The molecular weight excluding hydrogens is 304 g/mol. The van der Waals surface area contributed by atoms with Crippen molar-refractivity contribution in [3.05, 3.63) is 23.9 Å². The van der Waals surface area contributed by atoms with E-state index in [1.165, 1.54) is 5.56 Å². The highest BCUT2D eigenvalue weighted by molar-refractivity contribution is 5.81. The standard InChI is InChI=1S/C18H28N4O2/c1-14-4-7-20-17(13-14)21-9-8-19-15-5-10-22(11-6-15)18(23)16-3-2-12-24-16/h4,7,13,15-16,19H,2-3,5-6,8-12H2,1H3,(H,20,21). The number of pyridine rings is 1. The van der Waals surface area contributed by atoms with Crippen molar-refractivity contribution in [2.75, 3.05) is 38.1 Å². The molecule has 1 aromatic rings. The molecule has 1 aromatic heterocycles. The van der Waals surface area contributed by atoms with E-state index in [1.807, 2.05) is 17.2 Å². The second-order valence-electron chi connectivity index (χ2n) is 6.70. The first-order valence-electron chi connectivity index (χ1n) is 9.02. The molecule has 3 heterocycles. The van der Waals surface area contributed by atoms with Crippen LogP contribution in [0.4, 0.5) is 5.82 Å². The molecule has 2 N–H and O–H groups in total. The van der Waals surface area contributed by atoms with Gasteiger partial charge in [0.2, 0.25) is 0 Å².